The molecule has 0 radical (unpaired) electrons. The summed E-state index contributed by atoms with van der Waals surface area (Å²) in [5, 5.41) is 5.60. The molecule has 2 fully saturated rings. The van der Waals surface area contributed by atoms with E-state index < -0.39 is 20.6 Å². The Morgan fingerprint density at radius 2 is 1.76 bits per heavy atom. The zero-order valence-electron chi connectivity index (χ0n) is 11.6. The Balaban J connectivity index is 1.90. The van der Waals surface area contributed by atoms with Gasteiger partial charge < -0.3 is 10.6 Å². The first-order chi connectivity index (χ1) is 10.1. The van der Waals surface area contributed by atoms with Gasteiger partial charge in [0.15, 0.2) is 0 Å². The van der Waals surface area contributed by atoms with E-state index in [1.54, 1.807) is 0 Å². The lowest BCUT2D eigenvalue weighted by atomic mass is 9.95. The zero-order chi connectivity index (χ0) is 14.9. The van der Waals surface area contributed by atoms with Crippen LogP contribution in [0, 0.1) is 0 Å². The fourth-order valence-electron chi connectivity index (χ4n) is 3.01. The molecule has 6 heteroatoms. The maximum absolute atomic E-state index is 12.7. The predicted molar refractivity (Wildman–Crippen MR) is 81.0 cm³/mol. The molecule has 1 amide bonds. The van der Waals surface area contributed by atoms with E-state index >= 15 is 0 Å². The molecule has 1 aromatic carbocycles. The molecule has 1 heterocycles. The second-order valence-electron chi connectivity index (χ2n) is 5.53. The number of amides is 1. The van der Waals surface area contributed by atoms with Crippen molar-refractivity contribution in [3.8, 4) is 0 Å². The van der Waals surface area contributed by atoms with E-state index in [0.29, 0.717) is 12.8 Å². The Bertz CT molecular complexity index is 674. The third-order valence-corrected chi connectivity index (χ3v) is 6.60. The molecule has 2 aliphatic rings. The topological polar surface area (TPSA) is 75.3 Å². The number of nitrogens with one attached hydrogen (secondary N) is 2. The van der Waals surface area contributed by atoms with E-state index in [-0.39, 0.29) is 4.91 Å². The van der Waals surface area contributed by atoms with Crippen LogP contribution in [0.4, 0.5) is 5.69 Å². The lowest BCUT2D eigenvalue weighted by Gasteiger charge is -2.31. The van der Waals surface area contributed by atoms with Crippen LogP contribution in [0.15, 0.2) is 41.4 Å². The SMILES string of the molecule is O=C1NC2(CCCCC2)S(=O)(=O)/C1=C/Nc1ccccc1. The normalized spacial score (nSPS) is 25.0. The lowest BCUT2D eigenvalue weighted by Crippen LogP contribution is -2.47. The number of para-hydroxylation sites is 1. The van der Waals surface area contributed by atoms with Crippen molar-refractivity contribution in [2.75, 3.05) is 5.32 Å². The van der Waals surface area contributed by atoms with Crippen LogP contribution in [0.1, 0.15) is 32.1 Å². The van der Waals surface area contributed by atoms with Gasteiger partial charge in [-0.2, -0.15) is 0 Å². The Hall–Kier alpha value is -1.82. The minimum Gasteiger partial charge on any atom is -0.360 e. The number of sulfone groups is 1. The highest BCUT2D eigenvalue weighted by Gasteiger charge is 2.55. The fourth-order valence-corrected chi connectivity index (χ4v) is 4.99. The quantitative estimate of drug-likeness (QED) is 0.821. The van der Waals surface area contributed by atoms with Gasteiger partial charge in [-0.1, -0.05) is 37.5 Å². The summed E-state index contributed by atoms with van der Waals surface area (Å²) in [7, 11) is -3.63. The highest BCUT2D eigenvalue weighted by Crippen LogP contribution is 2.40. The van der Waals surface area contributed by atoms with Gasteiger partial charge in [-0.25, -0.2) is 8.42 Å². The average molecular weight is 306 g/mol. The minimum absolute atomic E-state index is 0.159. The van der Waals surface area contributed by atoms with E-state index in [9.17, 15) is 13.2 Å². The van der Waals surface area contributed by atoms with Crippen LogP contribution in [0.5, 0.6) is 0 Å². The second-order valence-corrected chi connectivity index (χ2v) is 7.76. The monoisotopic (exact) mass is 306 g/mol. The van der Waals surface area contributed by atoms with Gasteiger partial charge in [0.25, 0.3) is 5.91 Å². The van der Waals surface area contributed by atoms with Crippen LogP contribution in [-0.4, -0.2) is 19.2 Å². The van der Waals surface area contributed by atoms with Crippen molar-refractivity contribution < 1.29 is 13.2 Å². The maximum Gasteiger partial charge on any atom is 0.265 e. The average Bonchev–Trinajstić information content (AvgIpc) is 2.65. The fraction of sp³-hybridized carbons (Fsp3) is 0.400. The summed E-state index contributed by atoms with van der Waals surface area (Å²) in [5.74, 6) is -0.500. The van der Waals surface area contributed by atoms with Gasteiger partial charge in [-0.15, -0.1) is 0 Å². The molecule has 1 aliphatic carbocycles. The molecule has 1 aliphatic heterocycles. The van der Waals surface area contributed by atoms with E-state index in [1.807, 2.05) is 30.3 Å². The van der Waals surface area contributed by atoms with Crippen LogP contribution in [0.25, 0.3) is 0 Å². The molecule has 1 aromatic rings. The lowest BCUT2D eigenvalue weighted by molar-refractivity contribution is -0.117. The maximum atomic E-state index is 12.7. The summed E-state index contributed by atoms with van der Waals surface area (Å²) in [6, 6.07) is 9.17. The first-order valence-corrected chi connectivity index (χ1v) is 8.62. The summed E-state index contributed by atoms with van der Waals surface area (Å²) in [6.45, 7) is 0. The highest BCUT2D eigenvalue weighted by molar-refractivity contribution is 7.98. The van der Waals surface area contributed by atoms with Gasteiger partial charge in [0.05, 0.1) is 0 Å². The van der Waals surface area contributed by atoms with Crippen LogP contribution >= 0.6 is 0 Å². The molecule has 0 bridgehead atoms. The largest absolute Gasteiger partial charge is 0.360 e. The van der Waals surface area contributed by atoms with E-state index in [2.05, 4.69) is 10.6 Å². The smallest absolute Gasteiger partial charge is 0.265 e. The summed E-state index contributed by atoms with van der Waals surface area (Å²) in [4.78, 5) is 10.9. The van der Waals surface area contributed by atoms with Gasteiger partial charge in [-0.05, 0) is 25.0 Å². The first-order valence-electron chi connectivity index (χ1n) is 7.14. The van der Waals surface area contributed by atoms with Gasteiger partial charge in [0.2, 0.25) is 9.84 Å². The first kappa shape index (κ1) is 14.1. The number of hydrogen-bond donors (Lipinski definition) is 2. The molecule has 21 heavy (non-hydrogen) atoms. The van der Waals surface area contributed by atoms with Gasteiger partial charge in [0.1, 0.15) is 9.78 Å². The third kappa shape index (κ3) is 2.33. The number of rotatable bonds is 2. The molecule has 1 saturated carbocycles. The van der Waals surface area contributed by atoms with Crippen LogP contribution in [-0.2, 0) is 14.6 Å². The third-order valence-electron chi connectivity index (χ3n) is 4.17. The van der Waals surface area contributed by atoms with Crippen LogP contribution in [0.2, 0.25) is 0 Å². The van der Waals surface area contributed by atoms with Gasteiger partial charge in [-0.3, -0.25) is 4.79 Å². The summed E-state index contributed by atoms with van der Waals surface area (Å²) >= 11 is 0. The van der Waals surface area contributed by atoms with Crippen molar-refractivity contribution in [3.63, 3.8) is 0 Å². The Morgan fingerprint density at radius 3 is 2.43 bits per heavy atom. The number of benzene rings is 1. The van der Waals surface area contributed by atoms with Crippen molar-refractivity contribution in [3.05, 3.63) is 41.4 Å². The Labute approximate surface area is 124 Å². The molecule has 0 unspecified atom stereocenters. The molecule has 0 atom stereocenters. The highest BCUT2D eigenvalue weighted by atomic mass is 32.2. The number of hydrogen-bond acceptors (Lipinski definition) is 4. The van der Waals surface area contributed by atoms with Crippen molar-refractivity contribution in [1.29, 1.82) is 0 Å². The standard InChI is InChI=1S/C15H18N2O3S/c18-14-13(11-16-12-7-3-1-4-8-12)21(19,20)15(17-14)9-5-2-6-10-15/h1,3-4,7-8,11,16H,2,5-6,9-10H2,(H,17,18)/b13-11+. The summed E-state index contributed by atoms with van der Waals surface area (Å²) in [5.41, 5.74) is 0.748. The number of carbonyl (C=O) groups excluding carboxylic acids is 1. The zero-order valence-corrected chi connectivity index (χ0v) is 12.4. The molecule has 0 aromatic heterocycles. The molecule has 112 valence electrons. The second kappa shape index (κ2) is 5.18. The van der Waals surface area contributed by atoms with E-state index in [0.717, 1.165) is 24.9 Å². The number of carbonyl (C=O) groups is 1. The van der Waals surface area contributed by atoms with Crippen molar-refractivity contribution >= 4 is 21.4 Å². The van der Waals surface area contributed by atoms with Crippen molar-refractivity contribution in [2.24, 2.45) is 0 Å². The molecular weight excluding hydrogens is 288 g/mol. The summed E-state index contributed by atoms with van der Waals surface area (Å²) in [6.07, 6.45) is 5.00. The Kier molecular flexibility index (Phi) is 3.49. The molecular formula is C15H18N2O3S. The summed E-state index contributed by atoms with van der Waals surface area (Å²) < 4.78 is 25.4. The van der Waals surface area contributed by atoms with Crippen molar-refractivity contribution in [2.45, 2.75) is 37.0 Å². The number of anilines is 1. The molecule has 3 rings (SSSR count). The van der Waals surface area contributed by atoms with E-state index in [1.165, 1.54) is 6.20 Å². The van der Waals surface area contributed by atoms with Crippen LogP contribution in [0.3, 0.4) is 0 Å². The van der Waals surface area contributed by atoms with Gasteiger partial charge >= 0.3 is 0 Å². The van der Waals surface area contributed by atoms with Crippen molar-refractivity contribution in [1.82, 2.24) is 5.32 Å². The molecule has 5 nitrogen and oxygen atoms in total. The van der Waals surface area contributed by atoms with Gasteiger partial charge in [0, 0.05) is 11.9 Å². The minimum atomic E-state index is -3.63. The van der Waals surface area contributed by atoms with E-state index in [4.69, 9.17) is 0 Å². The Morgan fingerprint density at radius 1 is 1.10 bits per heavy atom. The molecule has 1 saturated heterocycles. The molecule has 2 N–H and O–H groups in total. The predicted octanol–water partition coefficient (Wildman–Crippen LogP) is 2.14. The van der Waals surface area contributed by atoms with Crippen LogP contribution < -0.4 is 10.6 Å². The molecule has 1 spiro atoms.